The van der Waals surface area contributed by atoms with Crippen LogP contribution in [-0.2, 0) is 20.5 Å². The van der Waals surface area contributed by atoms with Crippen LogP contribution < -0.4 is 0 Å². The summed E-state index contributed by atoms with van der Waals surface area (Å²) >= 11 is 1.20. The van der Waals surface area contributed by atoms with Crippen LogP contribution in [0.5, 0.6) is 0 Å². The van der Waals surface area contributed by atoms with E-state index in [1.807, 2.05) is 0 Å². The summed E-state index contributed by atoms with van der Waals surface area (Å²) in [7, 11) is 1.19. The van der Waals surface area contributed by atoms with Gasteiger partial charge in [-0.1, -0.05) is 6.07 Å². The molecule has 0 saturated heterocycles. The average Bonchev–Trinajstić information content (AvgIpc) is 2.53. The van der Waals surface area contributed by atoms with E-state index in [9.17, 15) is 27.9 Å². The summed E-state index contributed by atoms with van der Waals surface area (Å²) in [6.45, 7) is 0. The predicted molar refractivity (Wildman–Crippen MR) is 86.1 cm³/mol. The van der Waals surface area contributed by atoms with Crippen molar-refractivity contribution >= 4 is 23.5 Å². The van der Waals surface area contributed by atoms with Crippen LogP contribution in [0.15, 0.2) is 41.0 Å². The second-order valence-corrected chi connectivity index (χ2v) is 6.83. The number of methoxy groups -OCH3 is 1. The lowest BCUT2D eigenvalue weighted by Crippen LogP contribution is -2.32. The van der Waals surface area contributed by atoms with Crippen LogP contribution in [0.1, 0.15) is 18.4 Å². The smallest absolute Gasteiger partial charge is 0.416 e. The van der Waals surface area contributed by atoms with E-state index in [0.717, 1.165) is 18.2 Å². The first-order chi connectivity index (χ1) is 11.7. The summed E-state index contributed by atoms with van der Waals surface area (Å²) in [6, 6.07) is 4.97. The van der Waals surface area contributed by atoms with Gasteiger partial charge in [-0.25, -0.2) is 0 Å². The highest BCUT2D eigenvalue weighted by molar-refractivity contribution is 7.99. The van der Waals surface area contributed by atoms with Gasteiger partial charge >= 0.3 is 12.1 Å². The van der Waals surface area contributed by atoms with Crippen molar-refractivity contribution in [3.8, 4) is 0 Å². The fraction of sp³-hybridized carbons (Fsp3) is 0.412. The van der Waals surface area contributed by atoms with Crippen molar-refractivity contribution in [1.29, 1.82) is 0 Å². The molecule has 0 radical (unpaired) electrons. The minimum atomic E-state index is -4.40. The van der Waals surface area contributed by atoms with Crippen molar-refractivity contribution in [3.63, 3.8) is 0 Å². The fourth-order valence-electron chi connectivity index (χ4n) is 2.73. The number of aliphatic hydroxyl groups excluding tert-OH is 1. The fourth-order valence-corrected chi connectivity index (χ4v) is 3.77. The number of hydrogen-bond donors (Lipinski definition) is 1. The van der Waals surface area contributed by atoms with Gasteiger partial charge in [0, 0.05) is 17.4 Å². The molecule has 0 aromatic heterocycles. The average molecular weight is 374 g/mol. The quantitative estimate of drug-likeness (QED) is 0.623. The molecule has 1 aromatic carbocycles. The first kappa shape index (κ1) is 19.4. The lowest BCUT2D eigenvalue weighted by atomic mass is 9.80. The number of hydrogen-bond acceptors (Lipinski definition) is 5. The van der Waals surface area contributed by atoms with Gasteiger partial charge in [0.15, 0.2) is 5.78 Å². The Balaban J connectivity index is 2.02. The number of allylic oxidation sites excluding steroid dienone is 1. The maximum atomic E-state index is 12.7. The molecule has 8 heteroatoms. The molecule has 0 fully saturated rings. The Morgan fingerprint density at radius 1 is 1.40 bits per heavy atom. The van der Waals surface area contributed by atoms with Crippen molar-refractivity contribution in [2.24, 2.45) is 11.8 Å². The zero-order valence-electron chi connectivity index (χ0n) is 13.4. The van der Waals surface area contributed by atoms with Gasteiger partial charge in [0.05, 0.1) is 12.7 Å². The van der Waals surface area contributed by atoms with Crippen LogP contribution in [0.3, 0.4) is 0 Å². The number of ether oxygens (including phenoxy) is 1. The molecule has 0 heterocycles. The van der Waals surface area contributed by atoms with E-state index in [1.165, 1.54) is 24.9 Å². The first-order valence-electron chi connectivity index (χ1n) is 7.53. The highest BCUT2D eigenvalue weighted by atomic mass is 32.2. The molecule has 4 nitrogen and oxygen atoms in total. The number of esters is 1. The van der Waals surface area contributed by atoms with Gasteiger partial charge in [-0.2, -0.15) is 13.2 Å². The van der Waals surface area contributed by atoms with Crippen molar-refractivity contribution in [2.75, 3.05) is 12.9 Å². The summed E-state index contributed by atoms with van der Waals surface area (Å²) in [4.78, 5) is 23.9. The Bertz CT molecular complexity index is 685. The standard InChI is InChI=1S/C17H17F3O4S/c1-24-16(23)15-10(7-12(21)9-14(15)22)5-6-25-13-4-2-3-11(8-13)17(18,19)20/h2-4,8-10,15,22H,5-7H2,1H3. The molecule has 2 rings (SSSR count). The van der Waals surface area contributed by atoms with Crippen LogP contribution in [0.2, 0.25) is 0 Å². The topological polar surface area (TPSA) is 63.6 Å². The van der Waals surface area contributed by atoms with Gasteiger partial charge in [0.25, 0.3) is 0 Å². The molecule has 25 heavy (non-hydrogen) atoms. The van der Waals surface area contributed by atoms with Crippen LogP contribution in [-0.4, -0.2) is 29.7 Å². The highest BCUT2D eigenvalue weighted by Gasteiger charge is 2.37. The second-order valence-electron chi connectivity index (χ2n) is 5.66. The van der Waals surface area contributed by atoms with Crippen LogP contribution in [0.25, 0.3) is 0 Å². The third kappa shape index (κ3) is 5.01. The third-order valence-corrected chi connectivity index (χ3v) is 4.96. The molecular weight excluding hydrogens is 357 g/mol. The number of halogens is 3. The van der Waals surface area contributed by atoms with E-state index in [1.54, 1.807) is 6.07 Å². The number of carbonyl (C=O) groups excluding carboxylic acids is 2. The first-order valence-corrected chi connectivity index (χ1v) is 8.52. The van der Waals surface area contributed by atoms with E-state index >= 15 is 0 Å². The van der Waals surface area contributed by atoms with Crippen LogP contribution in [0.4, 0.5) is 13.2 Å². The number of aliphatic hydroxyl groups is 1. The summed E-state index contributed by atoms with van der Waals surface area (Å²) in [5.74, 6) is -2.19. The van der Waals surface area contributed by atoms with Crippen molar-refractivity contribution in [3.05, 3.63) is 41.7 Å². The Hall–Kier alpha value is -1.96. The Labute approximate surface area is 147 Å². The maximum absolute atomic E-state index is 12.7. The Morgan fingerprint density at radius 3 is 2.76 bits per heavy atom. The minimum absolute atomic E-state index is 0.0903. The van der Waals surface area contributed by atoms with E-state index in [2.05, 4.69) is 4.74 Å². The molecule has 1 aromatic rings. The van der Waals surface area contributed by atoms with Gasteiger partial charge in [0.1, 0.15) is 11.7 Å². The molecule has 0 saturated carbocycles. The molecule has 1 aliphatic carbocycles. The molecule has 0 aliphatic heterocycles. The lowest BCUT2D eigenvalue weighted by Gasteiger charge is -2.27. The maximum Gasteiger partial charge on any atom is 0.416 e. The Kier molecular flexibility index (Phi) is 6.16. The molecule has 1 N–H and O–H groups in total. The molecule has 0 bridgehead atoms. The number of carbonyl (C=O) groups is 2. The van der Waals surface area contributed by atoms with Crippen LogP contribution >= 0.6 is 11.8 Å². The molecule has 136 valence electrons. The normalized spacial score (nSPS) is 21.0. The number of benzene rings is 1. The number of ketones is 1. The van der Waals surface area contributed by atoms with Gasteiger partial charge in [-0.3, -0.25) is 9.59 Å². The van der Waals surface area contributed by atoms with Crippen LogP contribution in [0, 0.1) is 11.8 Å². The van der Waals surface area contributed by atoms with Crippen molar-refractivity contribution in [2.45, 2.75) is 23.9 Å². The summed E-state index contributed by atoms with van der Waals surface area (Å²) in [5, 5.41) is 9.86. The van der Waals surface area contributed by atoms with E-state index in [0.29, 0.717) is 17.1 Å². The summed E-state index contributed by atoms with van der Waals surface area (Å²) in [6.07, 6.45) is -2.91. The SMILES string of the molecule is COC(=O)C1C(O)=CC(=O)CC1CCSc1cccc(C(F)(F)F)c1. The van der Waals surface area contributed by atoms with Gasteiger partial charge < -0.3 is 9.84 Å². The minimum Gasteiger partial charge on any atom is -0.511 e. The number of alkyl halides is 3. The van der Waals surface area contributed by atoms with E-state index in [-0.39, 0.29) is 18.0 Å². The summed E-state index contributed by atoms with van der Waals surface area (Å²) < 4.78 is 42.8. The Morgan fingerprint density at radius 2 is 2.12 bits per heavy atom. The molecular formula is C17H17F3O4S. The molecule has 1 aliphatic rings. The monoisotopic (exact) mass is 374 g/mol. The molecule has 2 unspecified atom stereocenters. The van der Waals surface area contributed by atoms with Crippen molar-refractivity contribution < 1.29 is 32.6 Å². The van der Waals surface area contributed by atoms with Gasteiger partial charge in [-0.05, 0) is 36.3 Å². The summed E-state index contributed by atoms with van der Waals surface area (Å²) in [5.41, 5.74) is -0.724. The molecule has 2 atom stereocenters. The van der Waals surface area contributed by atoms with E-state index < -0.39 is 29.5 Å². The second kappa shape index (κ2) is 7.95. The van der Waals surface area contributed by atoms with Crippen molar-refractivity contribution in [1.82, 2.24) is 0 Å². The molecule has 0 spiro atoms. The zero-order valence-corrected chi connectivity index (χ0v) is 14.2. The lowest BCUT2D eigenvalue weighted by molar-refractivity contribution is -0.147. The predicted octanol–water partition coefficient (Wildman–Crippen LogP) is 4.01. The third-order valence-electron chi connectivity index (χ3n) is 3.94. The molecule has 0 amide bonds. The largest absolute Gasteiger partial charge is 0.511 e. The van der Waals surface area contributed by atoms with Gasteiger partial charge in [0.2, 0.25) is 0 Å². The number of thioether (sulfide) groups is 1. The van der Waals surface area contributed by atoms with Gasteiger partial charge in [-0.15, -0.1) is 11.8 Å². The highest BCUT2D eigenvalue weighted by Crippen LogP contribution is 2.35. The zero-order chi connectivity index (χ0) is 18.6. The number of rotatable bonds is 5. The van der Waals surface area contributed by atoms with E-state index in [4.69, 9.17) is 0 Å².